The number of carbonyl (C=O) groups excluding carboxylic acids is 1. The van der Waals surface area contributed by atoms with Crippen molar-refractivity contribution in [1.29, 1.82) is 0 Å². The predicted octanol–water partition coefficient (Wildman–Crippen LogP) is 3.98. The number of carbonyl (C=O) groups is 1. The first-order chi connectivity index (χ1) is 8.01. The molecule has 1 N–H and O–H groups in total. The quantitative estimate of drug-likeness (QED) is 0.894. The largest absolute Gasteiger partial charge is 0.324 e. The van der Waals surface area contributed by atoms with Crippen LogP contribution in [0.2, 0.25) is 0 Å². The van der Waals surface area contributed by atoms with Gasteiger partial charge in [-0.15, -0.1) is 11.8 Å². The lowest BCUT2D eigenvalue weighted by molar-refractivity contribution is -0.118. The van der Waals surface area contributed by atoms with Crippen LogP contribution >= 0.6 is 27.7 Å². The molecule has 2 nitrogen and oxygen atoms in total. The van der Waals surface area contributed by atoms with Gasteiger partial charge < -0.3 is 5.32 Å². The summed E-state index contributed by atoms with van der Waals surface area (Å²) in [6, 6.07) is 5.98. The van der Waals surface area contributed by atoms with Gasteiger partial charge in [-0.25, -0.2) is 0 Å². The normalized spacial score (nSPS) is 23.7. The lowest BCUT2D eigenvalue weighted by atomic mass is 10.0. The lowest BCUT2D eigenvalue weighted by Crippen LogP contribution is -2.34. The third-order valence-corrected chi connectivity index (χ3v) is 5.28. The Bertz CT molecular complexity index is 441. The van der Waals surface area contributed by atoms with Gasteiger partial charge in [-0.1, -0.05) is 6.07 Å². The first-order valence-electron chi connectivity index (χ1n) is 5.73. The first kappa shape index (κ1) is 13.0. The number of aryl methyl sites for hydroxylation is 1. The molecular formula is C13H16BrNOS. The zero-order valence-electron chi connectivity index (χ0n) is 10.0. The van der Waals surface area contributed by atoms with Crippen LogP contribution in [0.25, 0.3) is 0 Å². The molecule has 1 fully saturated rings. The Kier molecular flexibility index (Phi) is 3.83. The van der Waals surface area contributed by atoms with E-state index in [1.165, 1.54) is 0 Å². The second kappa shape index (κ2) is 5.02. The molecular weight excluding hydrogens is 298 g/mol. The van der Waals surface area contributed by atoms with Crippen LogP contribution in [0.1, 0.15) is 25.3 Å². The zero-order chi connectivity index (χ0) is 12.5. The van der Waals surface area contributed by atoms with E-state index in [2.05, 4.69) is 21.2 Å². The number of rotatable bonds is 2. The summed E-state index contributed by atoms with van der Waals surface area (Å²) in [6.45, 7) is 4.05. The summed E-state index contributed by atoms with van der Waals surface area (Å²) in [4.78, 5) is 12.2. The van der Waals surface area contributed by atoms with Crippen molar-refractivity contribution in [3.8, 4) is 0 Å². The monoisotopic (exact) mass is 313 g/mol. The Morgan fingerprint density at radius 2 is 2.29 bits per heavy atom. The second-order valence-electron chi connectivity index (χ2n) is 4.62. The molecule has 17 heavy (non-hydrogen) atoms. The number of amides is 1. The minimum absolute atomic E-state index is 0.117. The highest BCUT2D eigenvalue weighted by Gasteiger charge is 2.37. The van der Waals surface area contributed by atoms with Gasteiger partial charge in [0.25, 0.3) is 0 Å². The Morgan fingerprint density at radius 1 is 1.53 bits per heavy atom. The van der Waals surface area contributed by atoms with E-state index in [-0.39, 0.29) is 10.7 Å². The molecule has 1 saturated heterocycles. The van der Waals surface area contributed by atoms with Gasteiger partial charge in [0.1, 0.15) is 0 Å². The van der Waals surface area contributed by atoms with Crippen LogP contribution in [0.5, 0.6) is 0 Å². The molecule has 1 heterocycles. The van der Waals surface area contributed by atoms with Crippen LogP contribution in [0.4, 0.5) is 5.69 Å². The molecule has 4 heteroatoms. The Hall–Kier alpha value is -0.480. The van der Waals surface area contributed by atoms with E-state index in [1.807, 2.05) is 32.0 Å². The molecule has 2 rings (SSSR count). The fraction of sp³-hybridized carbons (Fsp3) is 0.462. The van der Waals surface area contributed by atoms with Crippen LogP contribution in [0, 0.1) is 6.92 Å². The van der Waals surface area contributed by atoms with Gasteiger partial charge in [0.15, 0.2) is 0 Å². The van der Waals surface area contributed by atoms with Crippen molar-refractivity contribution in [3.63, 3.8) is 0 Å². The molecule has 92 valence electrons. The summed E-state index contributed by atoms with van der Waals surface area (Å²) in [7, 11) is 0. The summed E-state index contributed by atoms with van der Waals surface area (Å²) in [5, 5.41) is 3.03. The Balaban J connectivity index is 2.15. The van der Waals surface area contributed by atoms with E-state index in [9.17, 15) is 4.79 Å². The maximum absolute atomic E-state index is 12.2. The molecule has 1 unspecified atom stereocenters. The fourth-order valence-electron chi connectivity index (χ4n) is 1.95. The van der Waals surface area contributed by atoms with Gasteiger partial charge in [-0.2, -0.15) is 0 Å². The van der Waals surface area contributed by atoms with Gasteiger partial charge in [0, 0.05) is 4.47 Å². The van der Waals surface area contributed by atoms with E-state index in [0.717, 1.165) is 34.3 Å². The lowest BCUT2D eigenvalue weighted by Gasteiger charge is -2.22. The minimum atomic E-state index is -0.261. The van der Waals surface area contributed by atoms with Crippen molar-refractivity contribution in [3.05, 3.63) is 28.2 Å². The van der Waals surface area contributed by atoms with Crippen molar-refractivity contribution >= 4 is 39.3 Å². The molecule has 0 spiro atoms. The number of hydrogen-bond acceptors (Lipinski definition) is 2. The number of anilines is 1. The van der Waals surface area contributed by atoms with Crippen molar-refractivity contribution < 1.29 is 4.79 Å². The van der Waals surface area contributed by atoms with Gasteiger partial charge in [0.2, 0.25) is 5.91 Å². The number of hydrogen-bond donors (Lipinski definition) is 1. The molecule has 1 aromatic rings. The highest BCUT2D eigenvalue weighted by atomic mass is 79.9. The topological polar surface area (TPSA) is 29.1 Å². The molecule has 0 radical (unpaired) electrons. The summed E-state index contributed by atoms with van der Waals surface area (Å²) >= 11 is 5.22. The van der Waals surface area contributed by atoms with E-state index >= 15 is 0 Å². The third kappa shape index (κ3) is 2.86. The molecule has 0 aromatic heterocycles. The smallest absolute Gasteiger partial charge is 0.240 e. The van der Waals surface area contributed by atoms with E-state index in [4.69, 9.17) is 0 Å². The molecule has 1 atom stereocenters. The number of thioether (sulfide) groups is 1. The molecule has 0 saturated carbocycles. The predicted molar refractivity (Wildman–Crippen MR) is 77.6 cm³/mol. The van der Waals surface area contributed by atoms with Crippen LogP contribution in [0.3, 0.4) is 0 Å². The molecule has 1 aromatic carbocycles. The van der Waals surface area contributed by atoms with Crippen LogP contribution in [-0.4, -0.2) is 16.4 Å². The van der Waals surface area contributed by atoms with E-state index in [0.29, 0.717) is 0 Å². The van der Waals surface area contributed by atoms with Crippen LogP contribution < -0.4 is 5.32 Å². The maximum atomic E-state index is 12.2. The standard InChI is InChI=1S/C13H16BrNOS/c1-9-4-5-10(14)11(8-9)15-12(16)13(2)6-3-7-17-13/h4-5,8H,3,6-7H2,1-2H3,(H,15,16). The summed E-state index contributed by atoms with van der Waals surface area (Å²) in [5.74, 6) is 1.20. The van der Waals surface area contributed by atoms with Crippen molar-refractivity contribution in [1.82, 2.24) is 0 Å². The average Bonchev–Trinajstić information content (AvgIpc) is 2.72. The van der Waals surface area contributed by atoms with Gasteiger partial charge >= 0.3 is 0 Å². The van der Waals surface area contributed by atoms with Gasteiger partial charge in [-0.3, -0.25) is 4.79 Å². The number of halogens is 1. The van der Waals surface area contributed by atoms with Crippen molar-refractivity contribution in [2.75, 3.05) is 11.1 Å². The molecule has 1 amide bonds. The summed E-state index contributed by atoms with van der Waals surface area (Å²) < 4.78 is 0.673. The third-order valence-electron chi connectivity index (χ3n) is 3.07. The van der Waals surface area contributed by atoms with Crippen molar-refractivity contribution in [2.45, 2.75) is 31.4 Å². The fourth-order valence-corrected chi connectivity index (χ4v) is 3.50. The molecule has 1 aliphatic rings. The van der Waals surface area contributed by atoms with E-state index in [1.54, 1.807) is 11.8 Å². The van der Waals surface area contributed by atoms with Crippen LogP contribution in [0.15, 0.2) is 22.7 Å². The maximum Gasteiger partial charge on any atom is 0.240 e. The SMILES string of the molecule is Cc1ccc(Br)c(NC(=O)C2(C)CCCS2)c1. The molecule has 0 aliphatic carbocycles. The highest BCUT2D eigenvalue weighted by Crippen LogP contribution is 2.39. The number of benzene rings is 1. The number of nitrogens with one attached hydrogen (secondary N) is 1. The second-order valence-corrected chi connectivity index (χ2v) is 7.07. The Morgan fingerprint density at radius 3 is 2.94 bits per heavy atom. The molecule has 1 aliphatic heterocycles. The molecule has 0 bridgehead atoms. The summed E-state index contributed by atoms with van der Waals surface area (Å²) in [5.41, 5.74) is 2.01. The Labute approximate surface area is 115 Å². The van der Waals surface area contributed by atoms with Gasteiger partial charge in [0.05, 0.1) is 10.4 Å². The van der Waals surface area contributed by atoms with Crippen molar-refractivity contribution in [2.24, 2.45) is 0 Å². The van der Waals surface area contributed by atoms with E-state index < -0.39 is 0 Å². The van der Waals surface area contributed by atoms with Gasteiger partial charge in [-0.05, 0) is 66.1 Å². The summed E-state index contributed by atoms with van der Waals surface area (Å²) in [6.07, 6.45) is 2.09. The minimum Gasteiger partial charge on any atom is -0.324 e. The first-order valence-corrected chi connectivity index (χ1v) is 7.51. The highest BCUT2D eigenvalue weighted by molar-refractivity contribution is 9.10. The van der Waals surface area contributed by atoms with Crippen LogP contribution in [-0.2, 0) is 4.79 Å². The average molecular weight is 314 g/mol. The zero-order valence-corrected chi connectivity index (χ0v) is 12.5.